The predicted molar refractivity (Wildman–Crippen MR) is 24.1 cm³/mol. The molecule has 0 spiro atoms. The number of hydrogen-bond acceptors (Lipinski definition) is 1. The zero-order valence-electron chi connectivity index (χ0n) is 1.73. The van der Waals surface area contributed by atoms with Crippen LogP contribution < -0.4 is 0 Å². The molecule has 2 nitrogen and oxygen atoms in total. The third-order valence-corrected chi connectivity index (χ3v) is 0. The Balaban J connectivity index is 0. The molecule has 1 N–H and O–H groups in total. The molecule has 0 fully saturated rings. The Bertz CT molecular complexity index is 32.6. The van der Waals surface area contributed by atoms with Gasteiger partial charge in [-0.15, -0.1) is 0 Å². The van der Waals surface area contributed by atoms with E-state index >= 15 is 0 Å². The summed E-state index contributed by atoms with van der Waals surface area (Å²) in [5.41, 5.74) is 0. The molecule has 0 radical (unpaired) electrons. The Morgan fingerprint density at radius 3 is 1.80 bits per heavy atom. The van der Waals surface area contributed by atoms with E-state index in [0.717, 1.165) is 0 Å². The van der Waals surface area contributed by atoms with Crippen LogP contribution in [0.15, 0.2) is 0 Å². The van der Waals surface area contributed by atoms with Crippen molar-refractivity contribution in [2.45, 2.75) is 0 Å². The summed E-state index contributed by atoms with van der Waals surface area (Å²) < 4.78 is 0. The standard InChI is InChI=1S/CHBrO2.Na.H/c2-1(3)4;;/h(H,3,4);;. The van der Waals surface area contributed by atoms with Crippen molar-refractivity contribution < 1.29 is 9.90 Å². The van der Waals surface area contributed by atoms with Gasteiger partial charge in [-0.25, -0.2) is 4.79 Å². The molecule has 0 aliphatic rings. The van der Waals surface area contributed by atoms with E-state index in [2.05, 4.69) is 15.9 Å². The van der Waals surface area contributed by atoms with Crippen molar-refractivity contribution in [3.05, 3.63) is 0 Å². The first-order valence-corrected chi connectivity index (χ1v) is 1.41. The molecule has 26 valence electrons. The molecule has 0 unspecified atom stereocenters. The van der Waals surface area contributed by atoms with Crippen LogP contribution in [-0.2, 0) is 0 Å². The van der Waals surface area contributed by atoms with Gasteiger partial charge in [0.05, 0.1) is 0 Å². The zero-order chi connectivity index (χ0) is 3.58. The van der Waals surface area contributed by atoms with E-state index in [1.807, 2.05) is 0 Å². The van der Waals surface area contributed by atoms with E-state index in [9.17, 15) is 0 Å². The summed E-state index contributed by atoms with van der Waals surface area (Å²) in [6, 6.07) is 0. The van der Waals surface area contributed by atoms with Gasteiger partial charge in [-0.3, -0.25) is 0 Å². The van der Waals surface area contributed by atoms with Gasteiger partial charge in [-0.2, -0.15) is 0 Å². The first kappa shape index (κ1) is 9.34. The molecule has 0 saturated heterocycles. The van der Waals surface area contributed by atoms with E-state index < -0.39 is 4.88 Å². The molecule has 0 heterocycles. The maximum absolute atomic E-state index is 8.92. The van der Waals surface area contributed by atoms with Crippen LogP contribution in [0.4, 0.5) is 4.79 Å². The number of rotatable bonds is 0. The van der Waals surface area contributed by atoms with Crippen molar-refractivity contribution in [2.75, 3.05) is 0 Å². The Hall–Kier alpha value is 0.950. The Morgan fingerprint density at radius 1 is 1.80 bits per heavy atom. The van der Waals surface area contributed by atoms with Gasteiger partial charge < -0.3 is 5.11 Å². The molecule has 0 bridgehead atoms. The first-order chi connectivity index (χ1) is 1.73. The van der Waals surface area contributed by atoms with E-state index in [4.69, 9.17) is 9.90 Å². The minimum atomic E-state index is -1.02. The average Bonchev–Trinajstić information content (AvgIpc) is 0.811. The van der Waals surface area contributed by atoms with Gasteiger partial charge in [0.15, 0.2) is 0 Å². The summed E-state index contributed by atoms with van der Waals surface area (Å²) in [7, 11) is 0. The summed E-state index contributed by atoms with van der Waals surface area (Å²) in [6.45, 7) is 0. The van der Waals surface area contributed by atoms with E-state index in [1.54, 1.807) is 0 Å². The van der Waals surface area contributed by atoms with Gasteiger partial charge in [-0.1, -0.05) is 0 Å². The third kappa shape index (κ3) is 47.7. The van der Waals surface area contributed by atoms with Crippen LogP contribution in [-0.4, -0.2) is 39.5 Å². The first-order valence-electron chi connectivity index (χ1n) is 0.617. The molecule has 0 aliphatic heterocycles. The normalized spacial score (nSPS) is 5.00. The predicted octanol–water partition coefficient (Wildman–Crippen LogP) is 0.411. The Labute approximate surface area is 60.0 Å². The van der Waals surface area contributed by atoms with Crippen molar-refractivity contribution in [1.29, 1.82) is 0 Å². The molecule has 0 saturated carbocycles. The summed E-state index contributed by atoms with van der Waals surface area (Å²) >= 11 is 2.19. The molecule has 0 aromatic rings. The molecule has 0 rings (SSSR count). The molecule has 0 aliphatic carbocycles. The summed E-state index contributed by atoms with van der Waals surface area (Å²) in [6.07, 6.45) is 0. The molecule has 0 aromatic heterocycles. The fraction of sp³-hybridized carbons (Fsp3) is 0. The van der Waals surface area contributed by atoms with Gasteiger partial charge in [0, 0.05) is 15.9 Å². The molecule has 0 aromatic carbocycles. The van der Waals surface area contributed by atoms with Gasteiger partial charge in [0.25, 0.3) is 0 Å². The Morgan fingerprint density at radius 2 is 1.80 bits per heavy atom. The maximum atomic E-state index is 8.92. The topological polar surface area (TPSA) is 37.3 Å². The molecule has 0 atom stereocenters. The van der Waals surface area contributed by atoms with Crippen LogP contribution in [0.1, 0.15) is 0 Å². The quantitative estimate of drug-likeness (QED) is 0.400. The fourth-order valence-corrected chi connectivity index (χ4v) is 0. The summed E-state index contributed by atoms with van der Waals surface area (Å²) in [4.78, 5) is 7.90. The fourth-order valence-electron chi connectivity index (χ4n) is 0. The minimum absolute atomic E-state index is 0. The van der Waals surface area contributed by atoms with Crippen molar-refractivity contribution in [2.24, 2.45) is 0 Å². The van der Waals surface area contributed by atoms with Crippen LogP contribution in [0.3, 0.4) is 0 Å². The molecular weight excluding hydrogens is 147 g/mol. The van der Waals surface area contributed by atoms with Crippen LogP contribution in [0.2, 0.25) is 0 Å². The van der Waals surface area contributed by atoms with Crippen LogP contribution >= 0.6 is 15.9 Å². The monoisotopic (exact) mass is 148 g/mol. The van der Waals surface area contributed by atoms with E-state index in [0.29, 0.717) is 0 Å². The number of carboxylic acid groups (broad SMARTS) is 1. The zero-order valence-corrected chi connectivity index (χ0v) is 3.32. The number of hydrogen-bond donors (Lipinski definition) is 1. The second-order valence-electron chi connectivity index (χ2n) is 0.253. The number of carbonyl (C=O) groups is 1. The number of halogens is 1. The summed E-state index contributed by atoms with van der Waals surface area (Å²) in [5, 5.41) is 7.33. The van der Waals surface area contributed by atoms with Crippen molar-refractivity contribution in [3.8, 4) is 0 Å². The van der Waals surface area contributed by atoms with Gasteiger partial charge in [0.1, 0.15) is 0 Å². The van der Waals surface area contributed by atoms with Crippen molar-refractivity contribution in [1.82, 2.24) is 0 Å². The van der Waals surface area contributed by atoms with Crippen molar-refractivity contribution >= 4 is 50.4 Å². The van der Waals surface area contributed by atoms with Crippen LogP contribution in [0.25, 0.3) is 0 Å². The van der Waals surface area contributed by atoms with E-state index in [-0.39, 0.29) is 29.6 Å². The van der Waals surface area contributed by atoms with Gasteiger partial charge >= 0.3 is 34.4 Å². The summed E-state index contributed by atoms with van der Waals surface area (Å²) in [5.74, 6) is 0. The third-order valence-electron chi connectivity index (χ3n) is 0. The van der Waals surface area contributed by atoms with E-state index in [1.165, 1.54) is 0 Å². The van der Waals surface area contributed by atoms with Crippen LogP contribution in [0, 0.1) is 0 Å². The average molecular weight is 149 g/mol. The van der Waals surface area contributed by atoms with Crippen molar-refractivity contribution in [3.63, 3.8) is 0 Å². The molecule has 0 amide bonds. The van der Waals surface area contributed by atoms with Gasteiger partial charge in [0.2, 0.25) is 0 Å². The SMILES string of the molecule is O=C(O)Br.[NaH]. The van der Waals surface area contributed by atoms with Gasteiger partial charge in [-0.05, 0) is 0 Å². The molecule has 4 heteroatoms. The van der Waals surface area contributed by atoms with Crippen LogP contribution in [0.5, 0.6) is 0 Å². The second kappa shape index (κ2) is 4.95. The molecule has 5 heavy (non-hydrogen) atoms. The molecular formula is CH2BrNaO2. The second-order valence-corrected chi connectivity index (χ2v) is 0.931. The Kier molecular flexibility index (Phi) is 9.25.